The molecule has 1 aliphatic rings. The van der Waals surface area contributed by atoms with Gasteiger partial charge in [0.15, 0.2) is 5.78 Å². The summed E-state index contributed by atoms with van der Waals surface area (Å²) in [6.07, 6.45) is 3.73. The first-order chi connectivity index (χ1) is 19.1. The van der Waals surface area contributed by atoms with Gasteiger partial charge in [0.1, 0.15) is 35.0 Å². The molecule has 206 valence electrons. The van der Waals surface area contributed by atoms with Crippen LogP contribution < -0.4 is 5.32 Å². The van der Waals surface area contributed by atoms with Gasteiger partial charge in [0.05, 0.1) is 6.54 Å². The predicted octanol–water partition coefficient (Wildman–Crippen LogP) is 5.16. The van der Waals surface area contributed by atoms with E-state index in [2.05, 4.69) is 36.2 Å². The molecule has 5 rings (SSSR count). The maximum Gasteiger partial charge on any atom is 0.248 e. The maximum atomic E-state index is 14.5. The van der Waals surface area contributed by atoms with Crippen molar-refractivity contribution in [2.45, 2.75) is 51.9 Å². The first kappa shape index (κ1) is 27.6. The van der Waals surface area contributed by atoms with Crippen LogP contribution in [-0.2, 0) is 16.1 Å². The molecule has 0 aliphatic carbocycles. The third kappa shape index (κ3) is 5.65. The number of aromatic nitrogens is 4. The number of nitrogens with one attached hydrogen (secondary N) is 1. The molecular weight excluding hydrogens is 579 g/mol. The molecule has 0 unspecified atom stereocenters. The monoisotopic (exact) mass is 606 g/mol. The molecule has 0 bridgehead atoms. The first-order valence-electron chi connectivity index (χ1n) is 12.9. The number of Topliss-reactive ketones (excluding diaryl/α,β-unsaturated/α-hetero) is 1. The summed E-state index contributed by atoms with van der Waals surface area (Å²) in [6, 6.07) is 9.68. The molecule has 0 radical (unpaired) electrons. The summed E-state index contributed by atoms with van der Waals surface area (Å²) in [5.74, 6) is 0.183. The van der Waals surface area contributed by atoms with E-state index in [1.807, 2.05) is 32.0 Å². The molecule has 4 heterocycles. The fourth-order valence-electron chi connectivity index (χ4n) is 4.91. The number of benzene rings is 1. The van der Waals surface area contributed by atoms with Gasteiger partial charge in [0.25, 0.3) is 0 Å². The maximum absolute atomic E-state index is 14.5. The van der Waals surface area contributed by atoms with Gasteiger partial charge in [-0.25, -0.2) is 19.3 Å². The number of anilines is 1. The van der Waals surface area contributed by atoms with Crippen LogP contribution in [0.5, 0.6) is 0 Å². The first-order valence-corrected chi connectivity index (χ1v) is 13.7. The minimum atomic E-state index is -1.32. The molecule has 1 aromatic carbocycles. The van der Waals surface area contributed by atoms with E-state index in [-0.39, 0.29) is 31.2 Å². The summed E-state index contributed by atoms with van der Waals surface area (Å²) in [6.45, 7) is 5.18. The van der Waals surface area contributed by atoms with Crippen molar-refractivity contribution in [3.63, 3.8) is 0 Å². The molecule has 40 heavy (non-hydrogen) atoms. The number of nitrogens with zero attached hydrogens (tertiary/aromatic N) is 5. The Kier molecular flexibility index (Phi) is 7.75. The van der Waals surface area contributed by atoms with Crippen LogP contribution >= 0.6 is 15.9 Å². The van der Waals surface area contributed by atoms with Crippen molar-refractivity contribution >= 4 is 50.2 Å². The van der Waals surface area contributed by atoms with Gasteiger partial charge in [0.2, 0.25) is 11.8 Å². The van der Waals surface area contributed by atoms with E-state index in [4.69, 9.17) is 0 Å². The summed E-state index contributed by atoms with van der Waals surface area (Å²) in [7, 11) is 0. The van der Waals surface area contributed by atoms with E-state index < -0.39 is 24.0 Å². The van der Waals surface area contributed by atoms with Crippen LogP contribution in [0, 0.1) is 0 Å². The van der Waals surface area contributed by atoms with E-state index in [9.17, 15) is 18.8 Å². The third-order valence-corrected chi connectivity index (χ3v) is 7.37. The second-order valence-corrected chi connectivity index (χ2v) is 11.0. The van der Waals surface area contributed by atoms with Gasteiger partial charge >= 0.3 is 0 Å². The average molecular weight is 607 g/mol. The lowest BCUT2D eigenvalue weighted by Gasteiger charge is -2.24. The highest BCUT2D eigenvalue weighted by Gasteiger charge is 2.40. The average Bonchev–Trinajstić information content (AvgIpc) is 3.49. The van der Waals surface area contributed by atoms with Gasteiger partial charge in [-0.3, -0.25) is 14.4 Å². The molecule has 1 fully saturated rings. The molecule has 4 aromatic rings. The van der Waals surface area contributed by atoms with Crippen LogP contribution in [0.4, 0.5) is 10.2 Å². The van der Waals surface area contributed by atoms with Crippen molar-refractivity contribution in [2.24, 2.45) is 0 Å². The Balaban J connectivity index is 1.40. The molecule has 3 aromatic heterocycles. The molecule has 1 N–H and O–H groups in total. The molecular formula is C29H28BrFN6O3. The topological polar surface area (TPSA) is 110 Å². The number of carbonyl (C=O) groups is 3. The summed E-state index contributed by atoms with van der Waals surface area (Å²) in [4.78, 5) is 53.2. The van der Waals surface area contributed by atoms with Crippen molar-refractivity contribution in [3.8, 4) is 11.1 Å². The largest absolute Gasteiger partial charge is 0.337 e. The van der Waals surface area contributed by atoms with Gasteiger partial charge in [-0.05, 0) is 52.7 Å². The second-order valence-electron chi connectivity index (χ2n) is 10.2. The lowest BCUT2D eigenvalue weighted by Crippen LogP contribution is -2.44. The van der Waals surface area contributed by atoms with Gasteiger partial charge in [-0.15, -0.1) is 0 Å². The highest BCUT2D eigenvalue weighted by Crippen LogP contribution is 2.29. The van der Waals surface area contributed by atoms with Crippen molar-refractivity contribution in [1.29, 1.82) is 0 Å². The molecule has 2 amide bonds. The molecule has 0 saturated carbocycles. The van der Waals surface area contributed by atoms with Crippen molar-refractivity contribution < 1.29 is 18.8 Å². The fraction of sp³-hybridized carbons (Fsp3) is 0.310. The number of hydrogen-bond acceptors (Lipinski definition) is 6. The Labute approximate surface area is 239 Å². The lowest BCUT2D eigenvalue weighted by atomic mass is 10.0. The number of carbonyl (C=O) groups excluding carboxylic acids is 3. The van der Waals surface area contributed by atoms with E-state index >= 15 is 0 Å². The van der Waals surface area contributed by atoms with Crippen molar-refractivity contribution in [2.75, 3.05) is 11.9 Å². The van der Waals surface area contributed by atoms with Crippen molar-refractivity contribution in [1.82, 2.24) is 24.4 Å². The second kappa shape index (κ2) is 11.2. The van der Waals surface area contributed by atoms with E-state index in [1.54, 1.807) is 41.4 Å². The number of likely N-dealkylation sites (tertiary alicyclic amines) is 1. The zero-order valence-electron chi connectivity index (χ0n) is 22.3. The number of ketones is 1. The number of pyridine rings is 1. The van der Waals surface area contributed by atoms with Gasteiger partial charge < -0.3 is 14.8 Å². The number of halogens is 2. The Morgan fingerprint density at radius 1 is 1.12 bits per heavy atom. The van der Waals surface area contributed by atoms with Crippen LogP contribution in [0.25, 0.3) is 22.0 Å². The number of hydrogen-bond donors (Lipinski definition) is 1. The number of rotatable bonds is 7. The molecule has 2 atom stereocenters. The summed E-state index contributed by atoms with van der Waals surface area (Å²) in [5.41, 5.74) is 2.79. The van der Waals surface area contributed by atoms with E-state index in [1.165, 1.54) is 11.8 Å². The van der Waals surface area contributed by atoms with Crippen molar-refractivity contribution in [3.05, 3.63) is 71.0 Å². The standard InChI is InChI=1S/C29H28BrFN6O3/c1-16(2)28-32-11-19(12-33-28)18-7-8-23-21(9-18)22(17(3)38)14-36(23)15-27(39)37-13-20(31)10-24(37)29(40)35-26-6-4-5-25(30)34-26/h4-9,11-12,14,16,20,24H,10,13,15H2,1-3H3,(H,34,35,40)/t20-,24+/m1/s1. The lowest BCUT2D eigenvalue weighted by molar-refractivity contribution is -0.137. The van der Waals surface area contributed by atoms with Gasteiger partial charge in [-0.2, -0.15) is 0 Å². The molecule has 1 aliphatic heterocycles. The normalized spacial score (nSPS) is 17.0. The minimum Gasteiger partial charge on any atom is -0.337 e. The molecule has 11 heteroatoms. The van der Waals surface area contributed by atoms with Crippen LogP contribution in [0.1, 0.15) is 49.3 Å². The van der Waals surface area contributed by atoms with E-state index in [0.29, 0.717) is 26.9 Å². The zero-order valence-corrected chi connectivity index (χ0v) is 23.9. The fourth-order valence-corrected chi connectivity index (χ4v) is 5.25. The van der Waals surface area contributed by atoms with Crippen LogP contribution in [0.2, 0.25) is 0 Å². The van der Waals surface area contributed by atoms with Crippen LogP contribution in [0.3, 0.4) is 0 Å². The summed E-state index contributed by atoms with van der Waals surface area (Å²) >= 11 is 3.25. The third-order valence-electron chi connectivity index (χ3n) is 6.93. The smallest absolute Gasteiger partial charge is 0.248 e. The molecule has 1 saturated heterocycles. The molecule has 0 spiro atoms. The molecule has 9 nitrogen and oxygen atoms in total. The predicted molar refractivity (Wildman–Crippen MR) is 153 cm³/mol. The van der Waals surface area contributed by atoms with Crippen LogP contribution in [0.15, 0.2) is 59.6 Å². The van der Waals surface area contributed by atoms with E-state index in [0.717, 1.165) is 17.0 Å². The number of fused-ring (bicyclic) bond motifs is 1. The van der Waals surface area contributed by atoms with Crippen LogP contribution in [-0.4, -0.2) is 60.8 Å². The Morgan fingerprint density at radius 2 is 1.88 bits per heavy atom. The Morgan fingerprint density at radius 3 is 2.55 bits per heavy atom. The Bertz CT molecular complexity index is 1600. The quantitative estimate of drug-likeness (QED) is 0.230. The van der Waals surface area contributed by atoms with Gasteiger partial charge in [0, 0.05) is 53.0 Å². The number of alkyl halides is 1. The SMILES string of the molecule is CC(=O)c1cn(CC(=O)N2C[C@H](F)C[C@H]2C(=O)Nc2cccc(Br)n2)c2ccc(-c3cnc(C(C)C)nc3)cc12. The number of amides is 2. The summed E-state index contributed by atoms with van der Waals surface area (Å²) in [5, 5.41) is 3.36. The Hall–Kier alpha value is -3.99. The summed E-state index contributed by atoms with van der Waals surface area (Å²) < 4.78 is 16.7. The highest BCUT2D eigenvalue weighted by molar-refractivity contribution is 9.10. The zero-order chi connectivity index (χ0) is 28.6. The highest BCUT2D eigenvalue weighted by atomic mass is 79.9. The minimum absolute atomic E-state index is 0.0995. The van der Waals surface area contributed by atoms with Gasteiger partial charge in [-0.1, -0.05) is 26.0 Å².